The molecular formula is C10H11BrClN. The van der Waals surface area contributed by atoms with Gasteiger partial charge >= 0.3 is 0 Å². The van der Waals surface area contributed by atoms with E-state index in [0.29, 0.717) is 0 Å². The first-order valence-electron chi connectivity index (χ1n) is 4.44. The van der Waals surface area contributed by atoms with Crippen LogP contribution in [0, 0.1) is 5.92 Å². The van der Waals surface area contributed by atoms with Crippen molar-refractivity contribution < 1.29 is 0 Å². The molecule has 0 amide bonds. The summed E-state index contributed by atoms with van der Waals surface area (Å²) in [7, 11) is 0. The molecule has 2 rings (SSSR count). The zero-order chi connectivity index (χ0) is 9.26. The number of benzene rings is 1. The third-order valence-corrected chi connectivity index (χ3v) is 3.43. The van der Waals surface area contributed by atoms with E-state index in [2.05, 4.69) is 21.2 Å². The smallest absolute Gasteiger partial charge is 0.0549 e. The van der Waals surface area contributed by atoms with Crippen LogP contribution in [0.15, 0.2) is 22.7 Å². The Morgan fingerprint density at radius 3 is 2.85 bits per heavy atom. The van der Waals surface area contributed by atoms with Gasteiger partial charge in [-0.25, -0.2) is 0 Å². The Bertz CT molecular complexity index is 310. The van der Waals surface area contributed by atoms with E-state index < -0.39 is 0 Å². The zero-order valence-corrected chi connectivity index (χ0v) is 9.53. The molecule has 13 heavy (non-hydrogen) atoms. The van der Waals surface area contributed by atoms with Gasteiger partial charge in [-0.15, -0.1) is 0 Å². The van der Waals surface area contributed by atoms with Crippen LogP contribution in [0.2, 0.25) is 5.02 Å². The number of rotatable bonds is 3. The second-order valence-corrected chi connectivity index (χ2v) is 4.71. The van der Waals surface area contributed by atoms with E-state index in [-0.39, 0.29) is 0 Å². The fourth-order valence-electron chi connectivity index (χ4n) is 1.19. The molecule has 0 atom stereocenters. The van der Waals surface area contributed by atoms with Crippen LogP contribution in [0.4, 0.5) is 5.69 Å². The highest BCUT2D eigenvalue weighted by atomic mass is 79.9. The number of halogens is 2. The van der Waals surface area contributed by atoms with E-state index in [4.69, 9.17) is 11.6 Å². The summed E-state index contributed by atoms with van der Waals surface area (Å²) in [5, 5.41) is 4.15. The Labute approximate surface area is 91.6 Å². The van der Waals surface area contributed by atoms with Gasteiger partial charge in [-0.2, -0.15) is 0 Å². The lowest BCUT2D eigenvalue weighted by Crippen LogP contribution is -2.02. The predicted octanol–water partition coefficient (Wildman–Crippen LogP) is 3.92. The minimum Gasteiger partial charge on any atom is -0.385 e. The molecule has 1 N–H and O–H groups in total. The normalized spacial score (nSPS) is 15.8. The summed E-state index contributed by atoms with van der Waals surface area (Å²) >= 11 is 9.28. The van der Waals surface area contributed by atoms with Gasteiger partial charge in [0.15, 0.2) is 0 Å². The molecule has 1 aliphatic carbocycles. The van der Waals surface area contributed by atoms with Crippen LogP contribution in [0.3, 0.4) is 0 Å². The van der Waals surface area contributed by atoms with Crippen LogP contribution in [0.5, 0.6) is 0 Å². The van der Waals surface area contributed by atoms with Crippen molar-refractivity contribution in [2.45, 2.75) is 12.8 Å². The van der Waals surface area contributed by atoms with Gasteiger partial charge in [0.1, 0.15) is 0 Å². The molecule has 0 bridgehead atoms. The molecule has 0 aliphatic heterocycles. The Morgan fingerprint density at radius 1 is 1.46 bits per heavy atom. The monoisotopic (exact) mass is 259 g/mol. The van der Waals surface area contributed by atoms with Gasteiger partial charge in [-0.1, -0.05) is 11.6 Å². The van der Waals surface area contributed by atoms with Gasteiger partial charge in [0, 0.05) is 16.7 Å². The average Bonchev–Trinajstić information content (AvgIpc) is 2.91. The van der Waals surface area contributed by atoms with E-state index in [1.807, 2.05) is 18.2 Å². The maximum Gasteiger partial charge on any atom is 0.0549 e. The van der Waals surface area contributed by atoms with Gasteiger partial charge in [-0.3, -0.25) is 0 Å². The molecule has 0 unspecified atom stereocenters. The van der Waals surface area contributed by atoms with Gasteiger partial charge in [0.2, 0.25) is 0 Å². The van der Waals surface area contributed by atoms with Crippen LogP contribution in [-0.2, 0) is 0 Å². The number of nitrogens with one attached hydrogen (secondary N) is 1. The molecule has 0 saturated heterocycles. The fraction of sp³-hybridized carbons (Fsp3) is 0.400. The molecule has 70 valence electrons. The van der Waals surface area contributed by atoms with Gasteiger partial charge in [0.05, 0.1) is 5.02 Å². The van der Waals surface area contributed by atoms with Gasteiger partial charge in [0.25, 0.3) is 0 Å². The summed E-state index contributed by atoms with van der Waals surface area (Å²) in [6.07, 6.45) is 2.75. The maximum absolute atomic E-state index is 5.88. The molecule has 1 aliphatic rings. The van der Waals surface area contributed by atoms with Gasteiger partial charge < -0.3 is 5.32 Å². The third-order valence-electron chi connectivity index (χ3n) is 2.21. The minimum atomic E-state index is 0.761. The third kappa shape index (κ3) is 2.61. The van der Waals surface area contributed by atoms with Crippen LogP contribution in [-0.4, -0.2) is 6.54 Å². The van der Waals surface area contributed by atoms with Crippen molar-refractivity contribution in [2.75, 3.05) is 11.9 Å². The minimum absolute atomic E-state index is 0.761. The van der Waals surface area contributed by atoms with E-state index in [0.717, 1.165) is 27.6 Å². The molecule has 0 heterocycles. The highest BCUT2D eigenvalue weighted by Crippen LogP contribution is 2.30. The molecule has 1 saturated carbocycles. The Morgan fingerprint density at radius 2 is 2.23 bits per heavy atom. The van der Waals surface area contributed by atoms with Gasteiger partial charge in [-0.05, 0) is 52.9 Å². The SMILES string of the molecule is Clc1ccc(NCC2CC2)cc1Br. The summed E-state index contributed by atoms with van der Waals surface area (Å²) < 4.78 is 0.954. The van der Waals surface area contributed by atoms with Crippen molar-refractivity contribution in [1.29, 1.82) is 0 Å². The highest BCUT2D eigenvalue weighted by Gasteiger charge is 2.20. The Hall–Kier alpha value is -0.210. The molecule has 0 radical (unpaired) electrons. The largest absolute Gasteiger partial charge is 0.385 e. The molecule has 0 spiro atoms. The van der Waals surface area contributed by atoms with Crippen LogP contribution in [0.1, 0.15) is 12.8 Å². The zero-order valence-electron chi connectivity index (χ0n) is 7.19. The van der Waals surface area contributed by atoms with E-state index in [1.54, 1.807) is 0 Å². The van der Waals surface area contributed by atoms with Crippen LogP contribution in [0.25, 0.3) is 0 Å². The lowest BCUT2D eigenvalue weighted by Gasteiger charge is -2.05. The number of hydrogen-bond acceptors (Lipinski definition) is 1. The highest BCUT2D eigenvalue weighted by molar-refractivity contribution is 9.10. The second kappa shape index (κ2) is 3.89. The van der Waals surface area contributed by atoms with Crippen LogP contribution < -0.4 is 5.32 Å². The van der Waals surface area contributed by atoms with Crippen molar-refractivity contribution in [1.82, 2.24) is 0 Å². The summed E-state index contributed by atoms with van der Waals surface area (Å²) in [4.78, 5) is 0. The average molecular weight is 261 g/mol. The first-order valence-corrected chi connectivity index (χ1v) is 5.62. The summed E-state index contributed by atoms with van der Waals surface area (Å²) in [5.41, 5.74) is 1.14. The molecule has 3 heteroatoms. The van der Waals surface area contributed by atoms with Crippen molar-refractivity contribution in [2.24, 2.45) is 5.92 Å². The summed E-state index contributed by atoms with van der Waals surface area (Å²) in [5.74, 6) is 0.898. The van der Waals surface area contributed by atoms with E-state index in [1.165, 1.54) is 12.8 Å². The standard InChI is InChI=1S/C10H11BrClN/c11-9-5-8(3-4-10(9)12)13-6-7-1-2-7/h3-5,7,13H,1-2,6H2. The predicted molar refractivity (Wildman–Crippen MR) is 60.4 cm³/mol. The summed E-state index contributed by atoms with van der Waals surface area (Å²) in [6, 6.07) is 5.93. The number of anilines is 1. The van der Waals surface area contributed by atoms with E-state index in [9.17, 15) is 0 Å². The first-order chi connectivity index (χ1) is 6.25. The molecule has 1 aromatic carbocycles. The summed E-state index contributed by atoms with van der Waals surface area (Å²) in [6.45, 7) is 1.09. The molecule has 1 fully saturated rings. The van der Waals surface area contributed by atoms with Crippen molar-refractivity contribution in [3.8, 4) is 0 Å². The lowest BCUT2D eigenvalue weighted by atomic mass is 10.3. The molecular weight excluding hydrogens is 249 g/mol. The first kappa shape index (κ1) is 9.35. The number of hydrogen-bond donors (Lipinski definition) is 1. The van der Waals surface area contributed by atoms with Crippen molar-refractivity contribution in [3.05, 3.63) is 27.7 Å². The fourth-order valence-corrected chi connectivity index (χ4v) is 1.69. The maximum atomic E-state index is 5.88. The second-order valence-electron chi connectivity index (χ2n) is 3.45. The quantitative estimate of drug-likeness (QED) is 0.868. The Kier molecular flexibility index (Phi) is 2.80. The van der Waals surface area contributed by atoms with Crippen molar-refractivity contribution >= 4 is 33.2 Å². The molecule has 1 aromatic rings. The van der Waals surface area contributed by atoms with Crippen LogP contribution >= 0.6 is 27.5 Å². The topological polar surface area (TPSA) is 12.0 Å². The van der Waals surface area contributed by atoms with Crippen molar-refractivity contribution in [3.63, 3.8) is 0 Å². The molecule has 0 aromatic heterocycles. The Balaban J connectivity index is 1.98. The van der Waals surface area contributed by atoms with E-state index >= 15 is 0 Å². The molecule has 1 nitrogen and oxygen atoms in total. The lowest BCUT2D eigenvalue weighted by molar-refractivity contribution is 0.889.